The Labute approximate surface area is 104 Å². The van der Waals surface area contributed by atoms with Crippen molar-refractivity contribution in [2.24, 2.45) is 0 Å². The van der Waals surface area contributed by atoms with E-state index >= 15 is 0 Å². The van der Waals surface area contributed by atoms with Crippen LogP contribution in [-0.2, 0) is 6.42 Å². The quantitative estimate of drug-likeness (QED) is 0.858. The first-order chi connectivity index (χ1) is 8.78. The Hall–Kier alpha value is -1.85. The van der Waals surface area contributed by atoms with Gasteiger partial charge in [0.05, 0.1) is 0 Å². The lowest BCUT2D eigenvalue weighted by molar-refractivity contribution is 0.736. The number of hydrogen-bond donors (Lipinski definition) is 2. The maximum absolute atomic E-state index is 11.7. The number of hydrogen-bond acceptors (Lipinski definition) is 4. The molecule has 2 heterocycles. The van der Waals surface area contributed by atoms with E-state index in [0.717, 1.165) is 25.0 Å². The number of fused-ring (bicyclic) bond motifs is 1. The minimum Gasteiger partial charge on any atom is -0.352 e. The zero-order valence-electron chi connectivity index (χ0n) is 10.4. The SMILES string of the molecule is CCc1cc2n[nH]c(=O)n2c(NC2CCCC2)n1. The van der Waals surface area contributed by atoms with Crippen LogP contribution in [0.25, 0.3) is 5.65 Å². The van der Waals surface area contributed by atoms with Crippen molar-refractivity contribution in [1.82, 2.24) is 19.6 Å². The second-order valence-corrected chi connectivity index (χ2v) is 4.77. The molecule has 0 spiro atoms. The molecule has 0 aliphatic heterocycles. The summed E-state index contributed by atoms with van der Waals surface area (Å²) in [6, 6.07) is 2.27. The second-order valence-electron chi connectivity index (χ2n) is 4.77. The number of aryl methyl sites for hydroxylation is 1. The van der Waals surface area contributed by atoms with E-state index in [1.54, 1.807) is 0 Å². The summed E-state index contributed by atoms with van der Waals surface area (Å²) in [5.41, 5.74) is 1.34. The molecule has 0 unspecified atom stereocenters. The van der Waals surface area contributed by atoms with E-state index in [0.29, 0.717) is 17.6 Å². The molecule has 18 heavy (non-hydrogen) atoms. The molecular weight excluding hydrogens is 230 g/mol. The van der Waals surface area contributed by atoms with Crippen molar-refractivity contribution in [3.63, 3.8) is 0 Å². The van der Waals surface area contributed by atoms with Gasteiger partial charge in [-0.3, -0.25) is 0 Å². The number of aromatic nitrogens is 4. The number of rotatable bonds is 3. The smallest absolute Gasteiger partial charge is 0.350 e. The topological polar surface area (TPSA) is 75.1 Å². The molecule has 0 radical (unpaired) electrons. The van der Waals surface area contributed by atoms with Gasteiger partial charge >= 0.3 is 5.69 Å². The van der Waals surface area contributed by atoms with Gasteiger partial charge in [0.15, 0.2) is 5.65 Å². The van der Waals surface area contributed by atoms with E-state index in [2.05, 4.69) is 20.5 Å². The summed E-state index contributed by atoms with van der Waals surface area (Å²) >= 11 is 0. The standard InChI is InChI=1S/C12H17N5O/c1-2-8-7-10-15-16-12(18)17(10)11(13-8)14-9-5-3-4-6-9/h7,9H,2-6H2,1H3,(H,13,14)(H,16,18). The predicted octanol–water partition coefficient (Wildman–Crippen LogP) is 1.33. The largest absolute Gasteiger partial charge is 0.352 e. The minimum absolute atomic E-state index is 0.236. The summed E-state index contributed by atoms with van der Waals surface area (Å²) in [4.78, 5) is 16.2. The van der Waals surface area contributed by atoms with Crippen molar-refractivity contribution in [3.8, 4) is 0 Å². The highest BCUT2D eigenvalue weighted by Crippen LogP contribution is 2.21. The summed E-state index contributed by atoms with van der Waals surface area (Å²) in [5, 5.41) is 9.86. The van der Waals surface area contributed by atoms with Crippen LogP contribution in [0, 0.1) is 0 Å². The lowest BCUT2D eigenvalue weighted by Gasteiger charge is -2.14. The van der Waals surface area contributed by atoms with Gasteiger partial charge in [0, 0.05) is 17.8 Å². The molecule has 96 valence electrons. The molecule has 1 saturated carbocycles. The molecule has 0 atom stereocenters. The first kappa shape index (κ1) is 11.3. The third-order valence-corrected chi connectivity index (χ3v) is 3.51. The van der Waals surface area contributed by atoms with Gasteiger partial charge in [-0.05, 0) is 19.3 Å². The fourth-order valence-corrected chi connectivity index (χ4v) is 2.51. The molecule has 0 amide bonds. The van der Waals surface area contributed by atoms with E-state index in [1.807, 2.05) is 13.0 Å². The van der Waals surface area contributed by atoms with Crippen molar-refractivity contribution in [2.45, 2.75) is 45.1 Å². The molecule has 6 heteroatoms. The predicted molar refractivity (Wildman–Crippen MR) is 68.9 cm³/mol. The van der Waals surface area contributed by atoms with Gasteiger partial charge in [-0.2, -0.15) is 5.10 Å². The maximum atomic E-state index is 11.7. The normalized spacial score (nSPS) is 16.5. The van der Waals surface area contributed by atoms with Gasteiger partial charge in [0.2, 0.25) is 5.95 Å². The first-order valence-corrected chi connectivity index (χ1v) is 6.51. The number of aromatic amines is 1. The van der Waals surface area contributed by atoms with Crippen LogP contribution < -0.4 is 11.0 Å². The van der Waals surface area contributed by atoms with Gasteiger partial charge < -0.3 is 5.32 Å². The van der Waals surface area contributed by atoms with E-state index in [-0.39, 0.29) is 5.69 Å². The zero-order chi connectivity index (χ0) is 12.5. The molecule has 1 fully saturated rings. The maximum Gasteiger partial charge on any atom is 0.350 e. The van der Waals surface area contributed by atoms with Crippen molar-refractivity contribution >= 4 is 11.6 Å². The molecular formula is C12H17N5O. The number of nitrogens with zero attached hydrogens (tertiary/aromatic N) is 3. The molecule has 2 N–H and O–H groups in total. The monoisotopic (exact) mass is 247 g/mol. The van der Waals surface area contributed by atoms with Gasteiger partial charge in [-0.1, -0.05) is 19.8 Å². The molecule has 6 nitrogen and oxygen atoms in total. The zero-order valence-corrected chi connectivity index (χ0v) is 10.4. The van der Waals surface area contributed by atoms with Crippen molar-refractivity contribution in [3.05, 3.63) is 22.2 Å². The number of nitrogens with one attached hydrogen (secondary N) is 2. The van der Waals surface area contributed by atoms with Crippen molar-refractivity contribution in [1.29, 1.82) is 0 Å². The molecule has 0 aromatic carbocycles. The van der Waals surface area contributed by atoms with Crippen LogP contribution in [0.5, 0.6) is 0 Å². The van der Waals surface area contributed by atoms with Crippen LogP contribution in [0.15, 0.2) is 10.9 Å². The molecule has 1 aliphatic carbocycles. The molecule has 2 aromatic rings. The molecule has 3 rings (SSSR count). The minimum atomic E-state index is -0.236. The molecule has 2 aromatic heterocycles. The Balaban J connectivity index is 2.06. The lowest BCUT2D eigenvalue weighted by Crippen LogP contribution is -2.22. The van der Waals surface area contributed by atoms with E-state index in [1.165, 1.54) is 17.2 Å². The third-order valence-electron chi connectivity index (χ3n) is 3.51. The first-order valence-electron chi connectivity index (χ1n) is 6.51. The van der Waals surface area contributed by atoms with Crippen LogP contribution in [0.2, 0.25) is 0 Å². The molecule has 0 bridgehead atoms. The van der Waals surface area contributed by atoms with E-state index in [4.69, 9.17) is 0 Å². The summed E-state index contributed by atoms with van der Waals surface area (Å²) in [5.74, 6) is 0.620. The number of anilines is 1. The highest BCUT2D eigenvalue weighted by atomic mass is 16.1. The Kier molecular flexibility index (Phi) is 2.77. The van der Waals surface area contributed by atoms with Crippen LogP contribution in [0.1, 0.15) is 38.3 Å². The fourth-order valence-electron chi connectivity index (χ4n) is 2.51. The van der Waals surface area contributed by atoms with E-state index in [9.17, 15) is 4.79 Å². The van der Waals surface area contributed by atoms with Gasteiger partial charge in [-0.15, -0.1) is 0 Å². The Morgan fingerprint density at radius 2 is 2.28 bits per heavy atom. The van der Waals surface area contributed by atoms with Gasteiger partial charge in [0.1, 0.15) is 0 Å². The Morgan fingerprint density at radius 1 is 1.50 bits per heavy atom. The second kappa shape index (κ2) is 4.44. The molecule has 1 aliphatic rings. The fraction of sp³-hybridized carbons (Fsp3) is 0.583. The van der Waals surface area contributed by atoms with Crippen LogP contribution in [-0.4, -0.2) is 25.6 Å². The van der Waals surface area contributed by atoms with Crippen LogP contribution >= 0.6 is 0 Å². The van der Waals surface area contributed by atoms with Crippen molar-refractivity contribution < 1.29 is 0 Å². The Morgan fingerprint density at radius 3 is 3.00 bits per heavy atom. The van der Waals surface area contributed by atoms with Crippen LogP contribution in [0.4, 0.5) is 5.95 Å². The van der Waals surface area contributed by atoms with Gasteiger partial charge in [0.25, 0.3) is 0 Å². The van der Waals surface area contributed by atoms with Gasteiger partial charge in [-0.25, -0.2) is 19.3 Å². The van der Waals surface area contributed by atoms with E-state index < -0.39 is 0 Å². The Bertz CT molecular complexity index is 608. The summed E-state index contributed by atoms with van der Waals surface area (Å²) in [6.07, 6.45) is 5.61. The lowest BCUT2D eigenvalue weighted by atomic mass is 10.2. The summed E-state index contributed by atoms with van der Waals surface area (Å²) in [6.45, 7) is 2.04. The highest BCUT2D eigenvalue weighted by Gasteiger charge is 2.18. The van der Waals surface area contributed by atoms with Crippen molar-refractivity contribution in [2.75, 3.05) is 5.32 Å². The van der Waals surface area contributed by atoms with Crippen LogP contribution in [0.3, 0.4) is 0 Å². The number of H-pyrrole nitrogens is 1. The summed E-state index contributed by atoms with van der Waals surface area (Å²) in [7, 11) is 0. The summed E-state index contributed by atoms with van der Waals surface area (Å²) < 4.78 is 1.51. The average Bonchev–Trinajstić information content (AvgIpc) is 2.99. The third kappa shape index (κ3) is 1.87. The average molecular weight is 247 g/mol. The molecule has 0 saturated heterocycles. The highest BCUT2D eigenvalue weighted by molar-refractivity contribution is 5.46.